The third-order valence-corrected chi connectivity index (χ3v) is 5.16. The predicted molar refractivity (Wildman–Crippen MR) is 103 cm³/mol. The van der Waals surface area contributed by atoms with Crippen LogP contribution in [0.3, 0.4) is 0 Å². The minimum absolute atomic E-state index is 0.0530. The molecule has 5 heteroatoms. The summed E-state index contributed by atoms with van der Waals surface area (Å²) in [6.45, 7) is 8.39. The quantitative estimate of drug-likeness (QED) is 0.862. The predicted octanol–water partition coefficient (Wildman–Crippen LogP) is 2.18. The van der Waals surface area contributed by atoms with Gasteiger partial charge in [-0.25, -0.2) is 4.39 Å². The first-order chi connectivity index (χ1) is 12.5. The first kappa shape index (κ1) is 18.4. The van der Waals surface area contributed by atoms with E-state index in [0.717, 1.165) is 38.4 Å². The van der Waals surface area contributed by atoms with Crippen molar-refractivity contribution in [2.45, 2.75) is 20.3 Å². The number of hydrogen-bond acceptors (Lipinski definition) is 2. The number of para-hydroxylation sites is 1. The maximum absolute atomic E-state index is 13.9. The molecule has 1 aliphatic heterocycles. The molecular formula is C21H27FN3O+. The van der Waals surface area contributed by atoms with Crippen LogP contribution < -0.4 is 15.1 Å². The van der Waals surface area contributed by atoms with E-state index in [1.807, 2.05) is 37.3 Å². The first-order valence-electron chi connectivity index (χ1n) is 9.23. The van der Waals surface area contributed by atoms with Crippen LogP contribution in [0.5, 0.6) is 0 Å². The highest BCUT2D eigenvalue weighted by Crippen LogP contribution is 2.18. The Kier molecular flexibility index (Phi) is 5.89. The van der Waals surface area contributed by atoms with Crippen molar-refractivity contribution >= 4 is 17.3 Å². The molecule has 0 spiro atoms. The van der Waals surface area contributed by atoms with Crippen LogP contribution in [0.4, 0.5) is 15.8 Å². The molecule has 1 fully saturated rings. The monoisotopic (exact) mass is 356 g/mol. The van der Waals surface area contributed by atoms with Crippen molar-refractivity contribution in [1.29, 1.82) is 0 Å². The van der Waals surface area contributed by atoms with Crippen LogP contribution in [0, 0.1) is 19.7 Å². The largest absolute Gasteiger partial charge is 0.358 e. The molecule has 26 heavy (non-hydrogen) atoms. The van der Waals surface area contributed by atoms with Crippen molar-refractivity contribution < 1.29 is 14.1 Å². The van der Waals surface area contributed by atoms with E-state index in [9.17, 15) is 9.18 Å². The lowest BCUT2D eigenvalue weighted by Gasteiger charge is -2.33. The molecular weight excluding hydrogens is 329 g/mol. The van der Waals surface area contributed by atoms with Gasteiger partial charge in [-0.05, 0) is 49.2 Å². The second kappa shape index (κ2) is 8.32. The third-order valence-electron chi connectivity index (χ3n) is 5.16. The zero-order valence-corrected chi connectivity index (χ0v) is 15.5. The van der Waals surface area contributed by atoms with Gasteiger partial charge in [0.15, 0.2) is 0 Å². The summed E-state index contributed by atoms with van der Waals surface area (Å²) in [5.74, 6) is -0.110. The van der Waals surface area contributed by atoms with Crippen molar-refractivity contribution in [3.05, 3.63) is 59.4 Å². The Bertz CT molecular complexity index is 770. The molecule has 1 aliphatic rings. The van der Waals surface area contributed by atoms with Gasteiger partial charge in [0.1, 0.15) is 5.82 Å². The third kappa shape index (κ3) is 4.61. The number of benzene rings is 2. The summed E-state index contributed by atoms with van der Waals surface area (Å²) in [5, 5.41) is 2.98. The summed E-state index contributed by atoms with van der Waals surface area (Å²) in [6.07, 6.45) is 0.502. The first-order valence-corrected chi connectivity index (χ1v) is 9.23. The number of halogens is 1. The van der Waals surface area contributed by atoms with Crippen molar-refractivity contribution in [2.24, 2.45) is 0 Å². The van der Waals surface area contributed by atoms with Crippen LogP contribution in [-0.2, 0) is 4.79 Å². The Morgan fingerprint density at radius 2 is 1.85 bits per heavy atom. The lowest BCUT2D eigenvalue weighted by molar-refractivity contribution is -0.900. The van der Waals surface area contributed by atoms with Crippen molar-refractivity contribution in [2.75, 3.05) is 42.9 Å². The summed E-state index contributed by atoms with van der Waals surface area (Å²) in [6, 6.07) is 12.9. The molecule has 0 radical (unpaired) electrons. The zero-order valence-electron chi connectivity index (χ0n) is 15.5. The van der Waals surface area contributed by atoms with E-state index in [0.29, 0.717) is 12.1 Å². The molecule has 0 unspecified atom stereocenters. The van der Waals surface area contributed by atoms with Crippen LogP contribution in [0.1, 0.15) is 17.5 Å². The van der Waals surface area contributed by atoms with E-state index in [1.54, 1.807) is 6.07 Å². The Hall–Kier alpha value is -2.40. The fraction of sp³-hybridized carbons (Fsp3) is 0.381. The SMILES string of the molecule is Cc1ccc(NC(=O)CC[NH+]2CCN(c3ccccc3F)CC2)cc1C. The van der Waals surface area contributed by atoms with Gasteiger partial charge in [0.2, 0.25) is 5.91 Å². The molecule has 1 saturated heterocycles. The average molecular weight is 356 g/mol. The number of nitrogens with zero attached hydrogens (tertiary/aromatic N) is 1. The molecule has 0 atom stereocenters. The fourth-order valence-electron chi connectivity index (χ4n) is 3.36. The van der Waals surface area contributed by atoms with E-state index < -0.39 is 0 Å². The van der Waals surface area contributed by atoms with Crippen molar-refractivity contribution in [3.8, 4) is 0 Å². The number of amides is 1. The second-order valence-electron chi connectivity index (χ2n) is 7.04. The average Bonchev–Trinajstić information content (AvgIpc) is 2.64. The highest BCUT2D eigenvalue weighted by Gasteiger charge is 2.22. The highest BCUT2D eigenvalue weighted by atomic mass is 19.1. The van der Waals surface area contributed by atoms with Crippen LogP contribution in [0.25, 0.3) is 0 Å². The summed E-state index contributed by atoms with van der Waals surface area (Å²) in [5.41, 5.74) is 3.94. The number of aryl methyl sites for hydroxylation is 2. The standard InChI is InChI=1S/C21H26FN3O/c1-16-7-8-18(15-17(16)2)23-21(26)9-10-24-11-13-25(14-12-24)20-6-4-3-5-19(20)22/h3-8,15H,9-14H2,1-2H3,(H,23,26)/p+1. The van der Waals surface area contributed by atoms with Gasteiger partial charge in [-0.3, -0.25) is 4.79 Å². The normalized spacial score (nSPS) is 15.1. The minimum Gasteiger partial charge on any atom is -0.358 e. The molecule has 1 amide bonds. The zero-order chi connectivity index (χ0) is 18.5. The maximum Gasteiger partial charge on any atom is 0.230 e. The highest BCUT2D eigenvalue weighted by molar-refractivity contribution is 5.90. The number of quaternary nitrogens is 1. The molecule has 2 N–H and O–H groups in total. The van der Waals surface area contributed by atoms with E-state index in [1.165, 1.54) is 22.1 Å². The van der Waals surface area contributed by atoms with Gasteiger partial charge in [-0.2, -0.15) is 0 Å². The van der Waals surface area contributed by atoms with E-state index in [4.69, 9.17) is 0 Å². The molecule has 0 bridgehead atoms. The molecule has 2 aromatic rings. The Balaban J connectivity index is 1.44. The number of carbonyl (C=O) groups is 1. The minimum atomic E-state index is -0.163. The summed E-state index contributed by atoms with van der Waals surface area (Å²) in [4.78, 5) is 15.7. The van der Waals surface area contributed by atoms with Crippen LogP contribution in [0.2, 0.25) is 0 Å². The van der Waals surface area contributed by atoms with Gasteiger partial charge in [-0.1, -0.05) is 18.2 Å². The van der Waals surface area contributed by atoms with Crippen molar-refractivity contribution in [1.82, 2.24) is 0 Å². The molecule has 4 nitrogen and oxygen atoms in total. The smallest absolute Gasteiger partial charge is 0.230 e. The number of rotatable bonds is 5. The van der Waals surface area contributed by atoms with Gasteiger partial charge in [0.25, 0.3) is 0 Å². The van der Waals surface area contributed by atoms with E-state index >= 15 is 0 Å². The molecule has 138 valence electrons. The van der Waals surface area contributed by atoms with Gasteiger partial charge in [0, 0.05) is 5.69 Å². The van der Waals surface area contributed by atoms with Crippen LogP contribution in [-0.4, -0.2) is 38.6 Å². The topological polar surface area (TPSA) is 36.8 Å². The Morgan fingerprint density at radius 1 is 1.12 bits per heavy atom. The maximum atomic E-state index is 13.9. The number of anilines is 2. The molecule has 2 aromatic carbocycles. The molecule has 0 aromatic heterocycles. The Labute approximate surface area is 154 Å². The molecule has 1 heterocycles. The van der Waals surface area contributed by atoms with Gasteiger partial charge in [0.05, 0.1) is 44.8 Å². The van der Waals surface area contributed by atoms with E-state index in [-0.39, 0.29) is 11.7 Å². The number of piperazine rings is 1. The van der Waals surface area contributed by atoms with Crippen LogP contribution in [0.15, 0.2) is 42.5 Å². The Morgan fingerprint density at radius 3 is 2.54 bits per heavy atom. The van der Waals surface area contributed by atoms with Gasteiger partial charge < -0.3 is 15.1 Å². The summed E-state index contributed by atoms with van der Waals surface area (Å²) in [7, 11) is 0. The lowest BCUT2D eigenvalue weighted by Crippen LogP contribution is -3.15. The molecule has 3 rings (SSSR count). The summed E-state index contributed by atoms with van der Waals surface area (Å²) >= 11 is 0. The number of nitrogens with one attached hydrogen (secondary N) is 2. The number of carbonyl (C=O) groups excluding carboxylic acids is 1. The van der Waals surface area contributed by atoms with Gasteiger partial charge in [-0.15, -0.1) is 0 Å². The fourth-order valence-corrected chi connectivity index (χ4v) is 3.36. The molecule has 0 aliphatic carbocycles. The lowest BCUT2D eigenvalue weighted by atomic mass is 10.1. The van der Waals surface area contributed by atoms with Crippen molar-refractivity contribution in [3.63, 3.8) is 0 Å². The van der Waals surface area contributed by atoms with Gasteiger partial charge >= 0.3 is 0 Å². The number of hydrogen-bond donors (Lipinski definition) is 2. The summed E-state index contributed by atoms with van der Waals surface area (Å²) < 4.78 is 13.9. The molecule has 0 saturated carbocycles. The van der Waals surface area contributed by atoms with Crippen LogP contribution >= 0.6 is 0 Å². The van der Waals surface area contributed by atoms with E-state index in [2.05, 4.69) is 17.1 Å². The second-order valence-corrected chi connectivity index (χ2v) is 7.04.